The summed E-state index contributed by atoms with van der Waals surface area (Å²) in [6.45, 7) is 1.92. The highest BCUT2D eigenvalue weighted by molar-refractivity contribution is 6.33. The zero-order chi connectivity index (χ0) is 16.4. The van der Waals surface area contributed by atoms with Gasteiger partial charge in [0.25, 0.3) is 5.56 Å². The molecule has 2 aromatic carbocycles. The van der Waals surface area contributed by atoms with Gasteiger partial charge in [0.1, 0.15) is 0 Å². The summed E-state index contributed by atoms with van der Waals surface area (Å²) < 4.78 is 0. The van der Waals surface area contributed by atoms with E-state index in [1.54, 1.807) is 30.3 Å². The second kappa shape index (κ2) is 6.22. The summed E-state index contributed by atoms with van der Waals surface area (Å²) in [7, 11) is 0. The summed E-state index contributed by atoms with van der Waals surface area (Å²) in [6, 6.07) is 12.5. The minimum Gasteiger partial charge on any atom is -0.324 e. The molecule has 0 saturated heterocycles. The molecular formula is C17H14ClN3O2. The molecule has 23 heavy (non-hydrogen) atoms. The Bertz CT molecular complexity index is 950. The highest BCUT2D eigenvalue weighted by Gasteiger charge is 2.12. The number of aromatic amines is 1. The van der Waals surface area contributed by atoms with E-state index in [1.807, 2.05) is 19.1 Å². The van der Waals surface area contributed by atoms with Gasteiger partial charge in [-0.15, -0.1) is 0 Å². The number of hydrogen-bond donors (Lipinski definition) is 2. The second-order valence-corrected chi connectivity index (χ2v) is 5.66. The number of carbonyl (C=O) groups excluding carboxylic acids is 1. The SMILES string of the molecule is Cc1ccc(NC(=O)Cc2n[nH]c(=O)c3ccccc23)c(Cl)c1. The van der Waals surface area contributed by atoms with E-state index in [9.17, 15) is 9.59 Å². The van der Waals surface area contributed by atoms with E-state index in [4.69, 9.17) is 11.6 Å². The topological polar surface area (TPSA) is 74.8 Å². The molecule has 1 heterocycles. The van der Waals surface area contributed by atoms with E-state index >= 15 is 0 Å². The highest BCUT2D eigenvalue weighted by atomic mass is 35.5. The van der Waals surface area contributed by atoms with Crippen LogP contribution in [0, 0.1) is 6.92 Å². The molecule has 0 atom stereocenters. The van der Waals surface area contributed by atoms with Crippen LogP contribution >= 0.6 is 11.6 Å². The predicted molar refractivity (Wildman–Crippen MR) is 90.9 cm³/mol. The van der Waals surface area contributed by atoms with Gasteiger partial charge in [-0.3, -0.25) is 9.59 Å². The molecule has 0 unspecified atom stereocenters. The number of rotatable bonds is 3. The lowest BCUT2D eigenvalue weighted by molar-refractivity contribution is -0.115. The number of halogens is 1. The van der Waals surface area contributed by atoms with Crippen molar-refractivity contribution in [2.75, 3.05) is 5.32 Å². The monoisotopic (exact) mass is 327 g/mol. The molecule has 0 bridgehead atoms. The van der Waals surface area contributed by atoms with E-state index in [1.165, 1.54) is 0 Å². The average molecular weight is 328 g/mol. The molecule has 3 aromatic rings. The van der Waals surface area contributed by atoms with Crippen molar-refractivity contribution in [1.82, 2.24) is 10.2 Å². The maximum Gasteiger partial charge on any atom is 0.272 e. The molecule has 0 aliphatic heterocycles. The highest BCUT2D eigenvalue weighted by Crippen LogP contribution is 2.23. The van der Waals surface area contributed by atoms with Gasteiger partial charge in [0.15, 0.2) is 0 Å². The Kier molecular flexibility index (Phi) is 4.12. The minimum atomic E-state index is -0.272. The molecule has 0 saturated carbocycles. The first kappa shape index (κ1) is 15.2. The van der Waals surface area contributed by atoms with E-state index in [0.29, 0.717) is 27.2 Å². The Balaban J connectivity index is 1.86. The maximum absolute atomic E-state index is 12.2. The van der Waals surface area contributed by atoms with Gasteiger partial charge in [-0.05, 0) is 30.7 Å². The molecule has 0 fully saturated rings. The summed E-state index contributed by atoms with van der Waals surface area (Å²) in [5, 5.41) is 10.8. The fraction of sp³-hybridized carbons (Fsp3) is 0.118. The summed E-state index contributed by atoms with van der Waals surface area (Å²) in [4.78, 5) is 24.0. The summed E-state index contributed by atoms with van der Waals surface area (Å²) in [6.07, 6.45) is 0.0432. The fourth-order valence-corrected chi connectivity index (χ4v) is 2.66. The average Bonchev–Trinajstić information content (AvgIpc) is 2.53. The van der Waals surface area contributed by atoms with Crippen LogP contribution in [0.5, 0.6) is 0 Å². The summed E-state index contributed by atoms with van der Waals surface area (Å²) in [5.41, 5.74) is 1.81. The van der Waals surface area contributed by atoms with Gasteiger partial charge in [-0.2, -0.15) is 5.10 Å². The molecular weight excluding hydrogens is 314 g/mol. The van der Waals surface area contributed by atoms with Gasteiger partial charge in [-0.25, -0.2) is 5.10 Å². The lowest BCUT2D eigenvalue weighted by Gasteiger charge is -2.08. The Labute approximate surface area is 137 Å². The first-order valence-electron chi connectivity index (χ1n) is 7.07. The number of benzene rings is 2. The standard InChI is InChI=1S/C17H14ClN3O2/c1-10-6-7-14(13(18)8-10)19-16(22)9-15-11-4-2-3-5-12(11)17(23)21-20-15/h2-8H,9H2,1H3,(H,19,22)(H,21,23). The normalized spacial score (nSPS) is 10.7. The molecule has 0 aliphatic carbocycles. The number of aryl methyl sites for hydroxylation is 1. The molecule has 2 N–H and O–H groups in total. The van der Waals surface area contributed by atoms with Gasteiger partial charge < -0.3 is 5.32 Å². The van der Waals surface area contributed by atoms with Gasteiger partial charge >= 0.3 is 0 Å². The fourth-order valence-electron chi connectivity index (χ4n) is 2.37. The lowest BCUT2D eigenvalue weighted by Crippen LogP contribution is -2.18. The van der Waals surface area contributed by atoms with Crippen molar-refractivity contribution < 1.29 is 4.79 Å². The van der Waals surface area contributed by atoms with E-state index < -0.39 is 0 Å². The van der Waals surface area contributed by atoms with Crippen molar-refractivity contribution in [3.05, 3.63) is 69.1 Å². The van der Waals surface area contributed by atoms with Crippen LogP contribution in [0.25, 0.3) is 10.8 Å². The molecule has 5 nitrogen and oxygen atoms in total. The lowest BCUT2D eigenvalue weighted by atomic mass is 10.1. The van der Waals surface area contributed by atoms with Crippen LogP contribution in [-0.4, -0.2) is 16.1 Å². The van der Waals surface area contributed by atoms with E-state index in [2.05, 4.69) is 15.5 Å². The predicted octanol–water partition coefficient (Wildman–Crippen LogP) is 3.07. The second-order valence-electron chi connectivity index (χ2n) is 5.25. The Morgan fingerprint density at radius 2 is 1.96 bits per heavy atom. The van der Waals surface area contributed by atoms with Gasteiger partial charge in [-0.1, -0.05) is 35.9 Å². The molecule has 116 valence electrons. The maximum atomic E-state index is 12.2. The van der Waals surface area contributed by atoms with Crippen molar-refractivity contribution in [2.45, 2.75) is 13.3 Å². The Morgan fingerprint density at radius 1 is 1.22 bits per heavy atom. The number of H-pyrrole nitrogens is 1. The van der Waals surface area contributed by atoms with Gasteiger partial charge in [0, 0.05) is 5.39 Å². The van der Waals surface area contributed by atoms with Crippen molar-refractivity contribution >= 4 is 34.0 Å². The number of amides is 1. The van der Waals surface area contributed by atoms with Crippen LogP contribution in [0.3, 0.4) is 0 Å². The molecule has 0 spiro atoms. The quantitative estimate of drug-likeness (QED) is 0.776. The van der Waals surface area contributed by atoms with Gasteiger partial charge in [0.05, 0.1) is 28.2 Å². The molecule has 0 aliphatic rings. The number of nitrogens with zero attached hydrogens (tertiary/aromatic N) is 1. The largest absolute Gasteiger partial charge is 0.324 e. The summed E-state index contributed by atoms with van der Waals surface area (Å²) in [5.74, 6) is -0.250. The number of anilines is 1. The minimum absolute atomic E-state index is 0.0432. The third kappa shape index (κ3) is 3.24. The van der Waals surface area contributed by atoms with Crippen LogP contribution in [0.15, 0.2) is 47.3 Å². The van der Waals surface area contributed by atoms with Crippen LogP contribution in [0.1, 0.15) is 11.3 Å². The molecule has 1 aromatic heterocycles. The molecule has 0 radical (unpaired) electrons. The van der Waals surface area contributed by atoms with Crippen LogP contribution in [0.4, 0.5) is 5.69 Å². The Hall–Kier alpha value is -2.66. The zero-order valence-electron chi connectivity index (χ0n) is 12.4. The van der Waals surface area contributed by atoms with E-state index in [-0.39, 0.29) is 17.9 Å². The Morgan fingerprint density at radius 3 is 2.70 bits per heavy atom. The number of nitrogens with one attached hydrogen (secondary N) is 2. The van der Waals surface area contributed by atoms with Crippen LogP contribution in [-0.2, 0) is 11.2 Å². The number of aromatic nitrogens is 2. The number of hydrogen-bond acceptors (Lipinski definition) is 3. The third-order valence-electron chi connectivity index (χ3n) is 3.50. The number of carbonyl (C=O) groups is 1. The third-order valence-corrected chi connectivity index (χ3v) is 3.81. The van der Waals surface area contributed by atoms with Crippen LogP contribution in [0.2, 0.25) is 5.02 Å². The zero-order valence-corrected chi connectivity index (χ0v) is 13.1. The van der Waals surface area contributed by atoms with Gasteiger partial charge in [0.2, 0.25) is 5.91 Å². The molecule has 6 heteroatoms. The molecule has 1 amide bonds. The summed E-state index contributed by atoms with van der Waals surface area (Å²) >= 11 is 6.11. The van der Waals surface area contributed by atoms with Crippen molar-refractivity contribution in [2.24, 2.45) is 0 Å². The smallest absolute Gasteiger partial charge is 0.272 e. The van der Waals surface area contributed by atoms with Crippen molar-refractivity contribution in [1.29, 1.82) is 0 Å². The molecule has 3 rings (SSSR count). The van der Waals surface area contributed by atoms with Crippen molar-refractivity contribution in [3.63, 3.8) is 0 Å². The first-order valence-corrected chi connectivity index (χ1v) is 7.44. The van der Waals surface area contributed by atoms with Crippen LogP contribution < -0.4 is 10.9 Å². The van der Waals surface area contributed by atoms with E-state index in [0.717, 1.165) is 5.56 Å². The van der Waals surface area contributed by atoms with Crippen molar-refractivity contribution in [3.8, 4) is 0 Å². The first-order chi connectivity index (χ1) is 11.0. The number of fused-ring (bicyclic) bond motifs is 1.